The van der Waals surface area contributed by atoms with Crippen molar-refractivity contribution < 1.29 is 4.39 Å². The summed E-state index contributed by atoms with van der Waals surface area (Å²) < 4.78 is 14.0. The Morgan fingerprint density at radius 3 is 2.67 bits per heavy atom. The van der Waals surface area contributed by atoms with Gasteiger partial charge in [-0.3, -0.25) is 4.90 Å². The van der Waals surface area contributed by atoms with Crippen LogP contribution in [0.15, 0.2) is 24.3 Å². The summed E-state index contributed by atoms with van der Waals surface area (Å²) in [6.45, 7) is 5.27. The van der Waals surface area contributed by atoms with E-state index in [0.29, 0.717) is 6.04 Å². The minimum atomic E-state index is -0.0582. The van der Waals surface area contributed by atoms with Crippen LogP contribution < -0.4 is 5.32 Å². The fraction of sp³-hybridized carbons (Fsp3) is 0.667. The van der Waals surface area contributed by atoms with E-state index < -0.39 is 0 Å². The van der Waals surface area contributed by atoms with Gasteiger partial charge in [-0.25, -0.2) is 4.39 Å². The number of hydrogen-bond donors (Lipinski definition) is 1. The monoisotopic (exact) mass is 288 g/mol. The molecule has 21 heavy (non-hydrogen) atoms. The lowest BCUT2D eigenvalue weighted by Crippen LogP contribution is -2.64. The predicted octanol–water partition coefficient (Wildman–Crippen LogP) is 3.18. The molecule has 3 heteroatoms. The maximum atomic E-state index is 14.0. The smallest absolute Gasteiger partial charge is 0.127 e. The minimum Gasteiger partial charge on any atom is -0.311 e. The van der Waals surface area contributed by atoms with Crippen LogP contribution in [0, 0.1) is 17.7 Å². The van der Waals surface area contributed by atoms with Crippen LogP contribution in [0.1, 0.15) is 38.2 Å². The number of nitrogens with one attached hydrogen (secondary N) is 1. The number of halogens is 1. The molecule has 0 amide bonds. The van der Waals surface area contributed by atoms with Gasteiger partial charge in [0.1, 0.15) is 5.82 Å². The van der Waals surface area contributed by atoms with Crippen LogP contribution in [0.2, 0.25) is 0 Å². The molecule has 2 atom stereocenters. The topological polar surface area (TPSA) is 15.3 Å². The number of nitrogens with zero attached hydrogens (tertiary/aromatic N) is 1. The third kappa shape index (κ3) is 2.62. The molecule has 1 saturated heterocycles. The van der Waals surface area contributed by atoms with E-state index in [9.17, 15) is 4.39 Å². The second kappa shape index (κ2) is 5.06. The first-order valence-electron chi connectivity index (χ1n) is 8.38. The average molecular weight is 288 g/mol. The lowest BCUT2D eigenvalue weighted by molar-refractivity contribution is 0.0227. The lowest BCUT2D eigenvalue weighted by Gasteiger charge is -2.49. The molecule has 1 N–H and O–H groups in total. The van der Waals surface area contributed by atoms with Crippen molar-refractivity contribution in [2.45, 2.75) is 50.7 Å². The van der Waals surface area contributed by atoms with Crippen LogP contribution >= 0.6 is 0 Å². The molecule has 0 spiro atoms. The second-order valence-electron chi connectivity index (χ2n) is 7.43. The zero-order valence-corrected chi connectivity index (χ0v) is 12.8. The van der Waals surface area contributed by atoms with Crippen molar-refractivity contribution in [3.8, 4) is 0 Å². The number of hydrogen-bond acceptors (Lipinski definition) is 2. The van der Waals surface area contributed by atoms with Crippen LogP contribution in [0.3, 0.4) is 0 Å². The van der Waals surface area contributed by atoms with Crippen LogP contribution in [0.5, 0.6) is 0 Å². The highest BCUT2D eigenvalue weighted by molar-refractivity contribution is 5.19. The molecule has 2 unspecified atom stereocenters. The summed E-state index contributed by atoms with van der Waals surface area (Å²) in [6.07, 6.45) is 5.40. The first kappa shape index (κ1) is 13.7. The Morgan fingerprint density at radius 2 is 2.00 bits per heavy atom. The molecule has 1 aromatic carbocycles. The Hall–Kier alpha value is -0.930. The number of piperazine rings is 1. The Morgan fingerprint density at radius 1 is 1.24 bits per heavy atom. The quantitative estimate of drug-likeness (QED) is 0.915. The van der Waals surface area contributed by atoms with Crippen molar-refractivity contribution in [1.29, 1.82) is 0 Å². The fourth-order valence-corrected chi connectivity index (χ4v) is 3.96. The van der Waals surface area contributed by atoms with Gasteiger partial charge in [-0.05, 0) is 50.5 Å². The molecule has 4 rings (SSSR count). The van der Waals surface area contributed by atoms with Crippen molar-refractivity contribution in [3.05, 3.63) is 35.6 Å². The summed E-state index contributed by atoms with van der Waals surface area (Å²) in [5.74, 6) is 1.59. The highest BCUT2D eigenvalue weighted by Gasteiger charge is 2.50. The van der Waals surface area contributed by atoms with Gasteiger partial charge in [0, 0.05) is 36.8 Å². The zero-order valence-electron chi connectivity index (χ0n) is 12.8. The standard InChI is InChI=1S/C18H25FN2/c1-18(15-8-9-15)12-20-17(13-6-7-13)11-21(18)10-14-4-2-3-5-16(14)19/h2-5,13,15,17,20H,6-12H2,1H3. The zero-order chi connectivity index (χ0) is 14.4. The van der Waals surface area contributed by atoms with Gasteiger partial charge in [-0.2, -0.15) is 0 Å². The maximum absolute atomic E-state index is 14.0. The molecular weight excluding hydrogens is 263 g/mol. The summed E-state index contributed by atoms with van der Waals surface area (Å²) in [5.41, 5.74) is 1.05. The molecule has 2 aliphatic carbocycles. The molecule has 1 heterocycles. The molecule has 3 aliphatic rings. The Balaban J connectivity index is 1.56. The Labute approximate surface area is 126 Å². The fourth-order valence-electron chi connectivity index (χ4n) is 3.96. The average Bonchev–Trinajstić information content (AvgIpc) is 3.36. The summed E-state index contributed by atoms with van der Waals surface area (Å²) in [6, 6.07) is 7.88. The lowest BCUT2D eigenvalue weighted by atomic mass is 9.88. The van der Waals surface area contributed by atoms with E-state index in [1.54, 1.807) is 12.1 Å². The Bertz CT molecular complexity index is 524. The first-order valence-corrected chi connectivity index (χ1v) is 8.38. The van der Waals surface area contributed by atoms with Gasteiger partial charge in [0.2, 0.25) is 0 Å². The minimum absolute atomic E-state index is 0.0582. The molecule has 0 aromatic heterocycles. The van der Waals surface area contributed by atoms with Gasteiger partial charge < -0.3 is 5.32 Å². The molecule has 1 aromatic rings. The normalized spacial score (nSPS) is 34.1. The van der Waals surface area contributed by atoms with E-state index in [4.69, 9.17) is 0 Å². The van der Waals surface area contributed by atoms with Crippen molar-refractivity contribution in [1.82, 2.24) is 10.2 Å². The van der Waals surface area contributed by atoms with Gasteiger partial charge in [-0.1, -0.05) is 18.2 Å². The highest BCUT2D eigenvalue weighted by Crippen LogP contribution is 2.46. The van der Waals surface area contributed by atoms with Gasteiger partial charge in [0.15, 0.2) is 0 Å². The molecule has 3 fully saturated rings. The molecule has 114 valence electrons. The van der Waals surface area contributed by atoms with E-state index in [0.717, 1.165) is 37.0 Å². The van der Waals surface area contributed by atoms with Gasteiger partial charge in [0.05, 0.1) is 0 Å². The third-order valence-corrected chi connectivity index (χ3v) is 5.83. The van der Waals surface area contributed by atoms with Crippen LogP contribution in [0.4, 0.5) is 4.39 Å². The van der Waals surface area contributed by atoms with Crippen molar-refractivity contribution in [3.63, 3.8) is 0 Å². The molecule has 1 aliphatic heterocycles. The summed E-state index contributed by atoms with van der Waals surface area (Å²) in [7, 11) is 0. The second-order valence-corrected chi connectivity index (χ2v) is 7.43. The van der Waals surface area contributed by atoms with Crippen molar-refractivity contribution in [2.75, 3.05) is 13.1 Å². The summed E-state index contributed by atoms with van der Waals surface area (Å²) in [4.78, 5) is 2.57. The summed E-state index contributed by atoms with van der Waals surface area (Å²) in [5, 5.41) is 3.79. The van der Waals surface area contributed by atoms with Gasteiger partial charge in [-0.15, -0.1) is 0 Å². The molecular formula is C18H25FN2. The molecule has 2 saturated carbocycles. The van der Waals surface area contributed by atoms with E-state index >= 15 is 0 Å². The highest BCUT2D eigenvalue weighted by atomic mass is 19.1. The van der Waals surface area contributed by atoms with E-state index in [1.807, 2.05) is 12.1 Å². The SMILES string of the molecule is CC1(C2CC2)CNC(C2CC2)CN1Cc1ccccc1F. The molecule has 0 radical (unpaired) electrons. The van der Waals surface area contributed by atoms with Crippen LogP contribution in [0.25, 0.3) is 0 Å². The van der Waals surface area contributed by atoms with Crippen LogP contribution in [-0.2, 0) is 6.54 Å². The molecule has 0 bridgehead atoms. The third-order valence-electron chi connectivity index (χ3n) is 5.83. The van der Waals surface area contributed by atoms with E-state index in [2.05, 4.69) is 17.1 Å². The first-order chi connectivity index (χ1) is 10.2. The van der Waals surface area contributed by atoms with E-state index in [1.165, 1.54) is 25.7 Å². The summed E-state index contributed by atoms with van der Waals surface area (Å²) >= 11 is 0. The predicted molar refractivity (Wildman–Crippen MR) is 82.5 cm³/mol. The Kier molecular flexibility index (Phi) is 3.31. The van der Waals surface area contributed by atoms with Gasteiger partial charge in [0.25, 0.3) is 0 Å². The van der Waals surface area contributed by atoms with Crippen LogP contribution in [-0.4, -0.2) is 29.6 Å². The van der Waals surface area contributed by atoms with Gasteiger partial charge >= 0.3 is 0 Å². The molecule has 2 nitrogen and oxygen atoms in total. The maximum Gasteiger partial charge on any atom is 0.127 e. The van der Waals surface area contributed by atoms with Crippen molar-refractivity contribution >= 4 is 0 Å². The largest absolute Gasteiger partial charge is 0.311 e. The van der Waals surface area contributed by atoms with Crippen molar-refractivity contribution in [2.24, 2.45) is 11.8 Å². The number of rotatable bonds is 4. The van der Waals surface area contributed by atoms with E-state index in [-0.39, 0.29) is 11.4 Å². The number of benzene rings is 1.